The van der Waals surface area contributed by atoms with Crippen LogP contribution in [0, 0.1) is 11.8 Å². The summed E-state index contributed by atoms with van der Waals surface area (Å²) >= 11 is 1.74. The monoisotopic (exact) mass is 260 g/mol. The highest BCUT2D eigenvalue weighted by molar-refractivity contribution is 7.99. The van der Waals surface area contributed by atoms with Gasteiger partial charge in [0.15, 0.2) is 0 Å². The van der Waals surface area contributed by atoms with Crippen molar-refractivity contribution in [3.05, 3.63) is 0 Å². The third kappa shape index (κ3) is 4.58. The van der Waals surface area contributed by atoms with Crippen LogP contribution in [-0.2, 0) is 9.59 Å². The van der Waals surface area contributed by atoms with Crippen molar-refractivity contribution in [1.29, 1.82) is 0 Å². The van der Waals surface area contributed by atoms with E-state index in [9.17, 15) is 9.59 Å². The quantitative estimate of drug-likeness (QED) is 0.718. The molecule has 0 amide bonds. The zero-order chi connectivity index (χ0) is 12.8. The third-order valence-corrected chi connectivity index (χ3v) is 4.59. The number of thioether (sulfide) groups is 1. The van der Waals surface area contributed by atoms with Crippen LogP contribution in [0.25, 0.3) is 0 Å². The Morgan fingerprint density at radius 1 is 1.12 bits per heavy atom. The fourth-order valence-corrected chi connectivity index (χ4v) is 3.73. The van der Waals surface area contributed by atoms with Gasteiger partial charge >= 0.3 is 11.9 Å². The van der Waals surface area contributed by atoms with Gasteiger partial charge in [-0.15, -0.1) is 0 Å². The van der Waals surface area contributed by atoms with Crippen molar-refractivity contribution in [2.24, 2.45) is 11.8 Å². The Morgan fingerprint density at radius 3 is 2.06 bits per heavy atom. The summed E-state index contributed by atoms with van der Waals surface area (Å²) in [7, 11) is 0. The molecule has 0 saturated heterocycles. The van der Waals surface area contributed by atoms with Gasteiger partial charge in [0.1, 0.15) is 0 Å². The Morgan fingerprint density at radius 2 is 1.65 bits per heavy atom. The molecule has 1 rings (SSSR count). The SMILES string of the molecule is CCCCSC1CC(C(=O)O)CC(C(=O)O)C1. The van der Waals surface area contributed by atoms with Gasteiger partial charge in [-0.3, -0.25) is 9.59 Å². The molecule has 17 heavy (non-hydrogen) atoms. The van der Waals surface area contributed by atoms with Crippen LogP contribution < -0.4 is 0 Å². The second-order valence-electron chi connectivity index (χ2n) is 4.62. The van der Waals surface area contributed by atoms with E-state index in [2.05, 4.69) is 6.92 Å². The van der Waals surface area contributed by atoms with Crippen LogP contribution in [-0.4, -0.2) is 33.2 Å². The summed E-state index contributed by atoms with van der Waals surface area (Å²) in [4.78, 5) is 22.0. The molecule has 1 saturated carbocycles. The van der Waals surface area contributed by atoms with E-state index in [-0.39, 0.29) is 11.7 Å². The lowest BCUT2D eigenvalue weighted by Crippen LogP contribution is -2.33. The van der Waals surface area contributed by atoms with E-state index in [1.54, 1.807) is 11.8 Å². The van der Waals surface area contributed by atoms with E-state index in [0.717, 1.165) is 18.6 Å². The highest BCUT2D eigenvalue weighted by Crippen LogP contribution is 2.36. The highest BCUT2D eigenvalue weighted by Gasteiger charge is 2.36. The van der Waals surface area contributed by atoms with E-state index in [0.29, 0.717) is 12.8 Å². The van der Waals surface area contributed by atoms with Gasteiger partial charge in [-0.2, -0.15) is 11.8 Å². The molecule has 0 aliphatic heterocycles. The lowest BCUT2D eigenvalue weighted by Gasteiger charge is -2.30. The Bertz CT molecular complexity index is 258. The molecule has 0 heterocycles. The topological polar surface area (TPSA) is 74.6 Å². The average molecular weight is 260 g/mol. The Hall–Kier alpha value is -0.710. The zero-order valence-electron chi connectivity index (χ0n) is 10.1. The van der Waals surface area contributed by atoms with Crippen LogP contribution in [0.3, 0.4) is 0 Å². The molecule has 0 aromatic carbocycles. The van der Waals surface area contributed by atoms with E-state index < -0.39 is 23.8 Å². The number of hydrogen-bond donors (Lipinski definition) is 2. The molecule has 4 nitrogen and oxygen atoms in total. The molecular weight excluding hydrogens is 240 g/mol. The number of aliphatic carboxylic acids is 2. The number of carboxylic acids is 2. The first-order valence-corrected chi connectivity index (χ1v) is 7.16. The second-order valence-corrected chi connectivity index (χ2v) is 6.03. The minimum atomic E-state index is -0.850. The van der Waals surface area contributed by atoms with Crippen LogP contribution >= 0.6 is 11.8 Å². The van der Waals surface area contributed by atoms with Crippen LogP contribution in [0.2, 0.25) is 0 Å². The van der Waals surface area contributed by atoms with Crippen molar-refractivity contribution >= 4 is 23.7 Å². The summed E-state index contributed by atoms with van der Waals surface area (Å²) in [6.45, 7) is 2.11. The first kappa shape index (κ1) is 14.4. The number of carboxylic acid groups (broad SMARTS) is 2. The summed E-state index contributed by atoms with van der Waals surface area (Å²) < 4.78 is 0. The highest BCUT2D eigenvalue weighted by atomic mass is 32.2. The molecule has 98 valence electrons. The number of carbonyl (C=O) groups is 2. The maximum absolute atomic E-state index is 11.0. The van der Waals surface area contributed by atoms with Gasteiger partial charge in [0.25, 0.3) is 0 Å². The molecular formula is C12H20O4S. The zero-order valence-corrected chi connectivity index (χ0v) is 10.9. The first-order valence-electron chi connectivity index (χ1n) is 6.11. The maximum atomic E-state index is 11.0. The Labute approximate surface area is 106 Å². The van der Waals surface area contributed by atoms with E-state index >= 15 is 0 Å². The van der Waals surface area contributed by atoms with Gasteiger partial charge < -0.3 is 10.2 Å². The fourth-order valence-electron chi connectivity index (χ4n) is 2.20. The summed E-state index contributed by atoms with van der Waals surface area (Å²) in [5.74, 6) is -1.66. The standard InChI is InChI=1S/C12H20O4S/c1-2-3-4-17-10-6-8(11(13)14)5-9(7-10)12(15)16/h8-10H,2-7H2,1H3,(H,13,14)(H,15,16). The normalized spacial score (nSPS) is 28.9. The van der Waals surface area contributed by atoms with Crippen LogP contribution in [0.15, 0.2) is 0 Å². The van der Waals surface area contributed by atoms with Gasteiger partial charge in [-0.1, -0.05) is 13.3 Å². The minimum absolute atomic E-state index is 0.192. The lowest BCUT2D eigenvalue weighted by atomic mass is 9.81. The predicted molar refractivity (Wildman–Crippen MR) is 67.3 cm³/mol. The lowest BCUT2D eigenvalue weighted by molar-refractivity contribution is -0.147. The molecule has 2 atom stereocenters. The minimum Gasteiger partial charge on any atom is -0.481 e. The van der Waals surface area contributed by atoms with Gasteiger partial charge in [0.05, 0.1) is 11.8 Å². The van der Waals surface area contributed by atoms with E-state index in [1.807, 2.05) is 0 Å². The molecule has 1 aliphatic rings. The molecule has 2 unspecified atom stereocenters. The third-order valence-electron chi connectivity index (χ3n) is 3.21. The van der Waals surface area contributed by atoms with Crippen LogP contribution in [0.4, 0.5) is 0 Å². The van der Waals surface area contributed by atoms with Gasteiger partial charge in [-0.25, -0.2) is 0 Å². The summed E-state index contributed by atoms with van der Waals surface area (Å²) in [5, 5.41) is 18.2. The summed E-state index contributed by atoms with van der Waals surface area (Å²) in [6.07, 6.45) is 3.75. The van der Waals surface area contributed by atoms with Crippen molar-refractivity contribution in [2.75, 3.05) is 5.75 Å². The molecule has 5 heteroatoms. The van der Waals surface area contributed by atoms with Crippen molar-refractivity contribution in [3.8, 4) is 0 Å². The molecule has 0 aromatic rings. The molecule has 1 fully saturated rings. The molecule has 0 bridgehead atoms. The molecule has 0 radical (unpaired) electrons. The van der Waals surface area contributed by atoms with Crippen LogP contribution in [0.5, 0.6) is 0 Å². The Balaban J connectivity index is 2.52. The van der Waals surface area contributed by atoms with Crippen LogP contribution in [0.1, 0.15) is 39.0 Å². The fraction of sp³-hybridized carbons (Fsp3) is 0.833. The van der Waals surface area contributed by atoms with E-state index in [1.165, 1.54) is 0 Å². The first-order chi connectivity index (χ1) is 8.04. The number of unbranched alkanes of at least 4 members (excludes halogenated alkanes) is 1. The van der Waals surface area contributed by atoms with Gasteiger partial charge in [0, 0.05) is 5.25 Å². The molecule has 1 aliphatic carbocycles. The second kappa shape index (κ2) is 6.89. The Kier molecular flexibility index (Phi) is 5.82. The largest absolute Gasteiger partial charge is 0.481 e. The van der Waals surface area contributed by atoms with Crippen molar-refractivity contribution < 1.29 is 19.8 Å². The predicted octanol–water partition coefficient (Wildman–Crippen LogP) is 2.47. The van der Waals surface area contributed by atoms with Crippen molar-refractivity contribution in [3.63, 3.8) is 0 Å². The molecule has 2 N–H and O–H groups in total. The van der Waals surface area contributed by atoms with Gasteiger partial charge in [-0.05, 0) is 31.4 Å². The smallest absolute Gasteiger partial charge is 0.306 e. The van der Waals surface area contributed by atoms with Gasteiger partial charge in [0.2, 0.25) is 0 Å². The number of rotatable bonds is 6. The van der Waals surface area contributed by atoms with Crippen molar-refractivity contribution in [1.82, 2.24) is 0 Å². The summed E-state index contributed by atoms with van der Waals surface area (Å²) in [6, 6.07) is 0. The van der Waals surface area contributed by atoms with E-state index in [4.69, 9.17) is 10.2 Å². The van der Waals surface area contributed by atoms with Crippen molar-refractivity contribution in [2.45, 2.75) is 44.3 Å². The maximum Gasteiger partial charge on any atom is 0.306 e. The average Bonchev–Trinajstić information content (AvgIpc) is 2.29. The number of hydrogen-bond acceptors (Lipinski definition) is 3. The molecule has 0 spiro atoms. The molecule has 0 aromatic heterocycles. The summed E-state index contributed by atoms with van der Waals surface area (Å²) in [5.41, 5.74) is 0.